The molecule has 0 bridgehead atoms. The van der Waals surface area contributed by atoms with E-state index in [1.165, 1.54) is 0 Å². The van der Waals surface area contributed by atoms with E-state index in [0.717, 1.165) is 42.6 Å². The number of nitrogens with zero attached hydrogens (tertiary/aromatic N) is 4. The maximum absolute atomic E-state index is 12.7. The standard InChI is InChI=1S/C20H23N7O/c1-27-12-15(9-24-27)13-4-2-5-14(8-13)17-11-23-19(21)18(26-17)20(28)25-16-6-3-7-22-10-16/h2,4-5,8-9,11-12,16,22H,3,6-7,10H2,1H3,(H2,21,23)(H,25,28). The molecule has 3 heterocycles. The van der Waals surface area contributed by atoms with E-state index in [9.17, 15) is 4.79 Å². The Labute approximate surface area is 163 Å². The van der Waals surface area contributed by atoms with Crippen molar-refractivity contribution in [2.24, 2.45) is 7.05 Å². The van der Waals surface area contributed by atoms with Crippen LogP contribution in [0.15, 0.2) is 42.9 Å². The van der Waals surface area contributed by atoms with Crippen molar-refractivity contribution in [3.05, 3.63) is 48.5 Å². The third-order valence-electron chi connectivity index (χ3n) is 4.84. The number of carbonyl (C=O) groups excluding carboxylic acids is 1. The largest absolute Gasteiger partial charge is 0.382 e. The van der Waals surface area contributed by atoms with E-state index in [0.29, 0.717) is 5.69 Å². The number of carbonyl (C=O) groups is 1. The topological polar surface area (TPSA) is 111 Å². The lowest BCUT2D eigenvalue weighted by molar-refractivity contribution is 0.0926. The van der Waals surface area contributed by atoms with Crippen molar-refractivity contribution in [2.75, 3.05) is 18.8 Å². The van der Waals surface area contributed by atoms with Crippen LogP contribution >= 0.6 is 0 Å². The maximum Gasteiger partial charge on any atom is 0.274 e. The molecule has 2 aromatic heterocycles. The highest BCUT2D eigenvalue weighted by Gasteiger charge is 2.20. The molecule has 1 atom stereocenters. The van der Waals surface area contributed by atoms with Crippen LogP contribution < -0.4 is 16.4 Å². The summed E-state index contributed by atoms with van der Waals surface area (Å²) in [4.78, 5) is 21.4. The number of nitrogen functional groups attached to an aromatic ring is 1. The van der Waals surface area contributed by atoms with E-state index in [-0.39, 0.29) is 23.5 Å². The number of anilines is 1. The number of nitrogens with one attached hydrogen (secondary N) is 2. The van der Waals surface area contributed by atoms with Gasteiger partial charge in [0.05, 0.1) is 18.1 Å². The Morgan fingerprint density at radius 1 is 1.29 bits per heavy atom. The molecule has 8 heteroatoms. The van der Waals surface area contributed by atoms with Crippen molar-refractivity contribution in [1.29, 1.82) is 0 Å². The van der Waals surface area contributed by atoms with E-state index in [4.69, 9.17) is 5.73 Å². The molecule has 1 amide bonds. The molecule has 1 saturated heterocycles. The van der Waals surface area contributed by atoms with Crippen molar-refractivity contribution in [2.45, 2.75) is 18.9 Å². The van der Waals surface area contributed by atoms with E-state index >= 15 is 0 Å². The van der Waals surface area contributed by atoms with Crippen molar-refractivity contribution in [3.8, 4) is 22.4 Å². The Bertz CT molecular complexity index is 992. The van der Waals surface area contributed by atoms with Crippen LogP contribution in [0.3, 0.4) is 0 Å². The zero-order valence-electron chi connectivity index (χ0n) is 15.7. The molecule has 8 nitrogen and oxygen atoms in total. The zero-order chi connectivity index (χ0) is 19.5. The fraction of sp³-hybridized carbons (Fsp3) is 0.300. The van der Waals surface area contributed by atoms with Gasteiger partial charge >= 0.3 is 0 Å². The molecule has 0 spiro atoms. The van der Waals surface area contributed by atoms with Crippen LogP contribution in [0.2, 0.25) is 0 Å². The fourth-order valence-electron chi connectivity index (χ4n) is 3.36. The molecule has 3 aromatic rings. The van der Waals surface area contributed by atoms with Crippen LogP contribution in [0, 0.1) is 0 Å². The molecule has 1 aliphatic heterocycles. The number of nitrogens with two attached hydrogens (primary N) is 1. The van der Waals surface area contributed by atoms with Gasteiger partial charge in [-0.2, -0.15) is 5.10 Å². The van der Waals surface area contributed by atoms with Gasteiger partial charge in [0.1, 0.15) is 0 Å². The van der Waals surface area contributed by atoms with E-state index in [1.807, 2.05) is 43.7 Å². The molecule has 144 valence electrons. The van der Waals surface area contributed by atoms with Crippen LogP contribution in [0.4, 0.5) is 5.82 Å². The molecule has 4 N–H and O–H groups in total. The van der Waals surface area contributed by atoms with Gasteiger partial charge in [0.15, 0.2) is 11.5 Å². The summed E-state index contributed by atoms with van der Waals surface area (Å²) < 4.78 is 1.76. The number of rotatable bonds is 4. The normalized spacial score (nSPS) is 16.7. The van der Waals surface area contributed by atoms with Crippen molar-refractivity contribution in [3.63, 3.8) is 0 Å². The predicted octanol–water partition coefficient (Wildman–Crippen LogP) is 1.61. The van der Waals surface area contributed by atoms with Crippen molar-refractivity contribution in [1.82, 2.24) is 30.4 Å². The quantitative estimate of drug-likeness (QED) is 0.637. The first-order valence-electron chi connectivity index (χ1n) is 9.34. The van der Waals surface area contributed by atoms with Crippen LogP contribution in [-0.2, 0) is 7.05 Å². The number of aryl methyl sites for hydroxylation is 1. The molecule has 1 fully saturated rings. The van der Waals surface area contributed by atoms with Gasteiger partial charge in [-0.25, -0.2) is 9.97 Å². The number of hydrogen-bond acceptors (Lipinski definition) is 6. The molecule has 4 rings (SSSR count). The van der Waals surface area contributed by atoms with Gasteiger partial charge in [0.2, 0.25) is 0 Å². The Morgan fingerprint density at radius 3 is 2.89 bits per heavy atom. The lowest BCUT2D eigenvalue weighted by atomic mass is 10.0. The number of hydrogen-bond donors (Lipinski definition) is 3. The molecule has 1 aliphatic rings. The molecule has 1 aromatic carbocycles. The van der Waals surface area contributed by atoms with Gasteiger partial charge in [0, 0.05) is 37.0 Å². The summed E-state index contributed by atoms with van der Waals surface area (Å²) in [6.07, 6.45) is 7.33. The highest BCUT2D eigenvalue weighted by atomic mass is 16.2. The minimum atomic E-state index is -0.288. The van der Waals surface area contributed by atoms with E-state index < -0.39 is 0 Å². The fourth-order valence-corrected chi connectivity index (χ4v) is 3.36. The van der Waals surface area contributed by atoms with E-state index in [2.05, 4.69) is 25.7 Å². The molecule has 0 radical (unpaired) electrons. The Kier molecular flexibility index (Phi) is 5.03. The smallest absolute Gasteiger partial charge is 0.274 e. The van der Waals surface area contributed by atoms with Crippen molar-refractivity contribution < 1.29 is 4.79 Å². The van der Waals surface area contributed by atoms with Crippen LogP contribution in [-0.4, -0.2) is 44.8 Å². The zero-order valence-corrected chi connectivity index (χ0v) is 15.7. The first-order chi connectivity index (χ1) is 13.6. The Hall–Kier alpha value is -3.26. The summed E-state index contributed by atoms with van der Waals surface area (Å²) in [5.41, 5.74) is 9.59. The first-order valence-corrected chi connectivity index (χ1v) is 9.34. The van der Waals surface area contributed by atoms with Gasteiger partial charge < -0.3 is 16.4 Å². The second-order valence-electron chi connectivity index (χ2n) is 6.99. The Balaban J connectivity index is 1.60. The maximum atomic E-state index is 12.7. The second-order valence-corrected chi connectivity index (χ2v) is 6.99. The number of amides is 1. The first kappa shape index (κ1) is 18.1. The average molecular weight is 377 g/mol. The highest BCUT2D eigenvalue weighted by molar-refractivity contribution is 5.97. The molecular weight excluding hydrogens is 354 g/mol. The van der Waals surface area contributed by atoms with Gasteiger partial charge in [-0.1, -0.05) is 18.2 Å². The highest BCUT2D eigenvalue weighted by Crippen LogP contribution is 2.25. The Morgan fingerprint density at radius 2 is 2.14 bits per heavy atom. The predicted molar refractivity (Wildman–Crippen MR) is 107 cm³/mol. The number of aromatic nitrogens is 4. The molecule has 0 aliphatic carbocycles. The van der Waals surface area contributed by atoms with Gasteiger partial charge in [-0.05, 0) is 31.0 Å². The SMILES string of the molecule is Cn1cc(-c2cccc(-c3cnc(N)c(C(=O)NC4CCCNC4)n3)c2)cn1. The summed E-state index contributed by atoms with van der Waals surface area (Å²) in [7, 11) is 1.88. The summed E-state index contributed by atoms with van der Waals surface area (Å²) in [5.74, 6) is -0.155. The third kappa shape index (κ3) is 3.86. The molecular formula is C20H23N7O. The monoisotopic (exact) mass is 377 g/mol. The van der Waals surface area contributed by atoms with Crippen LogP contribution in [0.25, 0.3) is 22.4 Å². The summed E-state index contributed by atoms with van der Waals surface area (Å²) in [5, 5.41) is 10.5. The average Bonchev–Trinajstić information content (AvgIpc) is 3.15. The molecule has 1 unspecified atom stereocenters. The van der Waals surface area contributed by atoms with Gasteiger partial charge in [-0.15, -0.1) is 0 Å². The lowest BCUT2D eigenvalue weighted by Crippen LogP contribution is -2.46. The van der Waals surface area contributed by atoms with Gasteiger partial charge in [-0.3, -0.25) is 9.48 Å². The van der Waals surface area contributed by atoms with E-state index in [1.54, 1.807) is 10.9 Å². The summed E-state index contributed by atoms with van der Waals surface area (Å²) >= 11 is 0. The van der Waals surface area contributed by atoms with Gasteiger partial charge in [0.25, 0.3) is 5.91 Å². The summed E-state index contributed by atoms with van der Waals surface area (Å²) in [6.45, 7) is 1.74. The summed E-state index contributed by atoms with van der Waals surface area (Å²) in [6, 6.07) is 7.98. The number of benzene rings is 1. The molecule has 0 saturated carbocycles. The minimum absolute atomic E-state index is 0.0833. The minimum Gasteiger partial charge on any atom is -0.382 e. The lowest BCUT2D eigenvalue weighted by Gasteiger charge is -2.23. The third-order valence-corrected chi connectivity index (χ3v) is 4.84. The second kappa shape index (κ2) is 7.77. The van der Waals surface area contributed by atoms with Crippen LogP contribution in [0.1, 0.15) is 23.3 Å². The molecule has 28 heavy (non-hydrogen) atoms. The van der Waals surface area contributed by atoms with Crippen LogP contribution in [0.5, 0.6) is 0 Å². The van der Waals surface area contributed by atoms with Crippen molar-refractivity contribution >= 4 is 11.7 Å². The number of piperidine rings is 1.